The molecule has 0 aliphatic rings. The Morgan fingerprint density at radius 2 is 1.79 bits per heavy atom. The predicted octanol–water partition coefficient (Wildman–Crippen LogP) is 2.44. The van der Waals surface area contributed by atoms with Gasteiger partial charge in [-0.25, -0.2) is 0 Å². The fraction of sp³-hybridized carbons (Fsp3) is 0.450. The maximum absolute atomic E-state index is 12.5. The third-order valence-electron chi connectivity index (χ3n) is 4.30. The molecular formula is C20H27N5O4. The molecule has 0 atom stereocenters. The first-order valence-corrected chi connectivity index (χ1v) is 9.23. The van der Waals surface area contributed by atoms with Gasteiger partial charge >= 0.3 is 5.69 Å². The second kappa shape index (κ2) is 8.42. The minimum absolute atomic E-state index is 0.0203. The van der Waals surface area contributed by atoms with Crippen molar-refractivity contribution in [2.45, 2.75) is 46.7 Å². The molecule has 0 spiro atoms. The lowest BCUT2D eigenvalue weighted by Gasteiger charge is -2.23. The Morgan fingerprint density at radius 3 is 2.28 bits per heavy atom. The average molecular weight is 401 g/mol. The van der Waals surface area contributed by atoms with Gasteiger partial charge in [0.05, 0.1) is 18.0 Å². The van der Waals surface area contributed by atoms with Crippen molar-refractivity contribution in [2.24, 2.45) is 0 Å². The van der Waals surface area contributed by atoms with Crippen LogP contribution in [0.3, 0.4) is 0 Å². The topological polar surface area (TPSA) is 110 Å². The largest absolute Gasteiger partial charge is 0.350 e. The normalized spacial score (nSPS) is 11.2. The first kappa shape index (κ1) is 22.1. The van der Waals surface area contributed by atoms with E-state index in [-0.39, 0.29) is 29.6 Å². The third kappa shape index (κ3) is 5.63. The summed E-state index contributed by atoms with van der Waals surface area (Å²) in [6, 6.07) is 6.91. The van der Waals surface area contributed by atoms with Crippen molar-refractivity contribution in [3.05, 3.63) is 56.9 Å². The molecule has 0 aliphatic heterocycles. The molecule has 0 radical (unpaired) electrons. The molecule has 2 rings (SSSR count). The van der Waals surface area contributed by atoms with E-state index >= 15 is 0 Å². The Morgan fingerprint density at radius 1 is 1.21 bits per heavy atom. The molecule has 0 bridgehead atoms. The quantitative estimate of drug-likeness (QED) is 0.590. The molecule has 9 heteroatoms. The number of nitro groups is 1. The highest BCUT2D eigenvalue weighted by molar-refractivity contribution is 5.96. The van der Waals surface area contributed by atoms with E-state index in [1.165, 1.54) is 4.90 Å². The molecule has 0 fully saturated rings. The van der Waals surface area contributed by atoms with Gasteiger partial charge in [-0.1, -0.05) is 12.1 Å². The van der Waals surface area contributed by atoms with E-state index in [1.807, 2.05) is 20.8 Å². The van der Waals surface area contributed by atoms with Crippen LogP contribution in [0.2, 0.25) is 0 Å². The maximum atomic E-state index is 12.5. The SMILES string of the molecule is Cc1nn(Cc2ccc(C(=O)N(C)CC(=O)NC(C)(C)C)cc2)c(C)c1[N+](=O)[O-]. The summed E-state index contributed by atoms with van der Waals surface area (Å²) in [4.78, 5) is 36.6. The highest BCUT2D eigenvalue weighted by atomic mass is 16.6. The van der Waals surface area contributed by atoms with Crippen molar-refractivity contribution in [2.75, 3.05) is 13.6 Å². The smallest absolute Gasteiger partial charge is 0.312 e. The van der Waals surface area contributed by atoms with E-state index in [2.05, 4.69) is 10.4 Å². The lowest BCUT2D eigenvalue weighted by Crippen LogP contribution is -2.46. The van der Waals surface area contributed by atoms with Gasteiger partial charge in [0.2, 0.25) is 5.91 Å². The van der Waals surface area contributed by atoms with E-state index in [1.54, 1.807) is 49.8 Å². The molecule has 0 saturated heterocycles. The lowest BCUT2D eigenvalue weighted by molar-refractivity contribution is -0.386. The Balaban J connectivity index is 2.06. The molecule has 1 aromatic heterocycles. The summed E-state index contributed by atoms with van der Waals surface area (Å²) in [5.74, 6) is -0.488. The number of carbonyl (C=O) groups is 2. The summed E-state index contributed by atoms with van der Waals surface area (Å²) < 4.78 is 1.58. The molecule has 0 unspecified atom stereocenters. The van der Waals surface area contributed by atoms with Crippen molar-refractivity contribution < 1.29 is 14.5 Å². The molecule has 1 aromatic carbocycles. The molecule has 0 aliphatic carbocycles. The van der Waals surface area contributed by atoms with Crippen LogP contribution in [0, 0.1) is 24.0 Å². The Bertz CT molecular complexity index is 926. The van der Waals surface area contributed by atoms with Crippen molar-refractivity contribution in [1.82, 2.24) is 20.0 Å². The van der Waals surface area contributed by atoms with E-state index in [9.17, 15) is 19.7 Å². The van der Waals surface area contributed by atoms with Gasteiger partial charge in [0.25, 0.3) is 5.91 Å². The Hall–Kier alpha value is -3.23. The summed E-state index contributed by atoms with van der Waals surface area (Å²) in [7, 11) is 1.58. The zero-order chi connectivity index (χ0) is 21.9. The Kier molecular flexibility index (Phi) is 6.41. The molecule has 1 N–H and O–H groups in total. The highest BCUT2D eigenvalue weighted by Crippen LogP contribution is 2.22. The number of rotatable bonds is 6. The molecule has 9 nitrogen and oxygen atoms in total. The number of aromatic nitrogens is 2. The zero-order valence-electron chi connectivity index (χ0n) is 17.6. The molecule has 29 heavy (non-hydrogen) atoms. The van der Waals surface area contributed by atoms with Crippen molar-refractivity contribution in [3.63, 3.8) is 0 Å². The van der Waals surface area contributed by atoms with Crippen molar-refractivity contribution in [3.8, 4) is 0 Å². The number of likely N-dealkylation sites (N-methyl/N-ethyl adjacent to an activating group) is 1. The van der Waals surface area contributed by atoms with E-state index in [0.29, 0.717) is 23.5 Å². The standard InChI is InChI=1S/C20H27N5O4/c1-13-18(25(28)29)14(2)24(22-13)11-15-7-9-16(10-8-15)19(27)23(6)12-17(26)21-20(3,4)5/h7-10H,11-12H2,1-6H3,(H,21,26). The van der Waals surface area contributed by atoms with Gasteiger partial charge in [0, 0.05) is 18.2 Å². The lowest BCUT2D eigenvalue weighted by atomic mass is 10.1. The molecular weight excluding hydrogens is 374 g/mol. The zero-order valence-corrected chi connectivity index (χ0v) is 17.6. The van der Waals surface area contributed by atoms with Crippen LogP contribution in [-0.4, -0.2) is 50.5 Å². The van der Waals surface area contributed by atoms with Gasteiger partial charge in [0.15, 0.2) is 0 Å². The average Bonchev–Trinajstić information content (AvgIpc) is 2.86. The third-order valence-corrected chi connectivity index (χ3v) is 4.30. The molecule has 2 amide bonds. The highest BCUT2D eigenvalue weighted by Gasteiger charge is 2.22. The van der Waals surface area contributed by atoms with Crippen LogP contribution < -0.4 is 5.32 Å². The van der Waals surface area contributed by atoms with Gasteiger partial charge in [0.1, 0.15) is 11.4 Å². The van der Waals surface area contributed by atoms with Crippen LogP contribution in [-0.2, 0) is 11.3 Å². The Labute approximate surface area is 169 Å². The predicted molar refractivity (Wildman–Crippen MR) is 109 cm³/mol. The summed E-state index contributed by atoms with van der Waals surface area (Å²) >= 11 is 0. The summed E-state index contributed by atoms with van der Waals surface area (Å²) in [5.41, 5.74) is 1.83. The number of nitrogens with zero attached hydrogens (tertiary/aromatic N) is 4. The van der Waals surface area contributed by atoms with Gasteiger partial charge in [-0.15, -0.1) is 0 Å². The van der Waals surface area contributed by atoms with Crippen molar-refractivity contribution >= 4 is 17.5 Å². The van der Waals surface area contributed by atoms with Gasteiger partial charge < -0.3 is 10.2 Å². The van der Waals surface area contributed by atoms with Crippen molar-refractivity contribution in [1.29, 1.82) is 0 Å². The first-order valence-electron chi connectivity index (χ1n) is 9.23. The summed E-state index contributed by atoms with van der Waals surface area (Å²) in [5, 5.41) is 18.2. The molecule has 2 aromatic rings. The number of nitrogens with one attached hydrogen (secondary N) is 1. The minimum atomic E-state index is -0.429. The monoisotopic (exact) mass is 401 g/mol. The maximum Gasteiger partial charge on any atom is 0.312 e. The second-order valence-electron chi connectivity index (χ2n) is 8.09. The van der Waals surface area contributed by atoms with E-state index in [4.69, 9.17) is 0 Å². The number of aryl methyl sites for hydroxylation is 1. The number of amides is 2. The fourth-order valence-corrected chi connectivity index (χ4v) is 3.00. The van der Waals surface area contributed by atoms with Gasteiger partial charge in [-0.2, -0.15) is 5.10 Å². The number of carbonyl (C=O) groups excluding carboxylic acids is 2. The van der Waals surface area contributed by atoms with E-state index < -0.39 is 4.92 Å². The number of benzene rings is 1. The summed E-state index contributed by atoms with van der Waals surface area (Å²) in [6.07, 6.45) is 0. The van der Waals surface area contributed by atoms with Crippen LogP contribution in [0.5, 0.6) is 0 Å². The van der Waals surface area contributed by atoms with Crippen LogP contribution in [0.15, 0.2) is 24.3 Å². The van der Waals surface area contributed by atoms with Gasteiger partial charge in [-0.3, -0.25) is 24.4 Å². The minimum Gasteiger partial charge on any atom is -0.350 e. The number of hydrogen-bond donors (Lipinski definition) is 1. The molecule has 0 saturated carbocycles. The van der Waals surface area contributed by atoms with Crippen LogP contribution in [0.25, 0.3) is 0 Å². The molecule has 156 valence electrons. The molecule has 1 heterocycles. The van der Waals surface area contributed by atoms with Crippen LogP contribution in [0.1, 0.15) is 48.1 Å². The van der Waals surface area contributed by atoms with Crippen LogP contribution in [0.4, 0.5) is 5.69 Å². The first-order chi connectivity index (χ1) is 13.4. The fourth-order valence-electron chi connectivity index (χ4n) is 3.00. The summed E-state index contributed by atoms with van der Waals surface area (Å²) in [6.45, 7) is 9.23. The second-order valence-corrected chi connectivity index (χ2v) is 8.09. The van der Waals surface area contributed by atoms with E-state index in [0.717, 1.165) is 5.56 Å². The van der Waals surface area contributed by atoms with Gasteiger partial charge in [-0.05, 0) is 52.3 Å². The number of hydrogen-bond acceptors (Lipinski definition) is 5. The van der Waals surface area contributed by atoms with Crippen LogP contribution >= 0.6 is 0 Å².